The van der Waals surface area contributed by atoms with Crippen molar-refractivity contribution < 1.29 is 19.0 Å². The van der Waals surface area contributed by atoms with Gasteiger partial charge in [-0.3, -0.25) is 4.79 Å². The smallest absolute Gasteiger partial charge is 0.251 e. The number of rotatable bonds is 6. The maximum Gasteiger partial charge on any atom is 0.251 e. The van der Waals surface area contributed by atoms with Gasteiger partial charge in [0.15, 0.2) is 11.5 Å². The van der Waals surface area contributed by atoms with Gasteiger partial charge in [0, 0.05) is 17.0 Å². The van der Waals surface area contributed by atoms with Crippen molar-refractivity contribution in [2.45, 2.75) is 13.2 Å². The molecule has 6 heteroatoms. The van der Waals surface area contributed by atoms with Gasteiger partial charge in [0.2, 0.25) is 6.79 Å². The number of hydrogen-bond donors (Lipinski definition) is 1. The van der Waals surface area contributed by atoms with E-state index in [-0.39, 0.29) is 12.7 Å². The summed E-state index contributed by atoms with van der Waals surface area (Å²) in [6.07, 6.45) is 0. The van der Waals surface area contributed by atoms with Gasteiger partial charge in [-0.1, -0.05) is 18.2 Å². The average Bonchev–Trinajstić information content (AvgIpc) is 3.35. The van der Waals surface area contributed by atoms with Gasteiger partial charge in [-0.25, -0.2) is 0 Å². The van der Waals surface area contributed by atoms with Crippen LogP contribution in [0.2, 0.25) is 0 Å². The van der Waals surface area contributed by atoms with E-state index in [1.54, 1.807) is 23.5 Å². The molecule has 0 unspecified atom stereocenters. The number of amides is 1. The fraction of sp³-hybridized carbons (Fsp3) is 0.150. The normalized spacial score (nSPS) is 12.0. The average molecular weight is 367 g/mol. The summed E-state index contributed by atoms with van der Waals surface area (Å²) in [5, 5.41) is 4.93. The molecule has 0 bridgehead atoms. The maximum atomic E-state index is 12.4. The molecule has 4 rings (SSSR count). The fourth-order valence-electron chi connectivity index (χ4n) is 2.61. The molecule has 3 aromatic rings. The predicted molar refractivity (Wildman–Crippen MR) is 98.8 cm³/mol. The minimum absolute atomic E-state index is 0.149. The number of benzene rings is 2. The Kier molecular flexibility index (Phi) is 4.75. The monoisotopic (exact) mass is 367 g/mol. The largest absolute Gasteiger partial charge is 0.488 e. The van der Waals surface area contributed by atoms with Gasteiger partial charge < -0.3 is 19.5 Å². The lowest BCUT2D eigenvalue weighted by Gasteiger charge is -2.09. The Labute approximate surface area is 155 Å². The maximum absolute atomic E-state index is 12.4. The SMILES string of the molecule is O=C(NCc1ccc2c(c1)OCO2)c1cccc(OCc2cccs2)c1. The van der Waals surface area contributed by atoms with Gasteiger partial charge >= 0.3 is 0 Å². The number of ether oxygens (including phenoxy) is 3. The van der Waals surface area contributed by atoms with Crippen molar-refractivity contribution >= 4 is 17.2 Å². The summed E-state index contributed by atoms with van der Waals surface area (Å²) in [5.41, 5.74) is 1.52. The molecule has 1 aliphatic heterocycles. The summed E-state index contributed by atoms with van der Waals surface area (Å²) >= 11 is 1.64. The summed E-state index contributed by atoms with van der Waals surface area (Å²) in [6.45, 7) is 1.15. The summed E-state index contributed by atoms with van der Waals surface area (Å²) < 4.78 is 16.4. The molecule has 1 amide bonds. The van der Waals surface area contributed by atoms with Crippen molar-refractivity contribution in [1.29, 1.82) is 0 Å². The van der Waals surface area contributed by atoms with Crippen LogP contribution in [0.4, 0.5) is 0 Å². The van der Waals surface area contributed by atoms with E-state index in [9.17, 15) is 4.79 Å². The van der Waals surface area contributed by atoms with Crippen LogP contribution in [0.1, 0.15) is 20.8 Å². The van der Waals surface area contributed by atoms with Crippen molar-refractivity contribution in [1.82, 2.24) is 5.32 Å². The molecule has 0 saturated carbocycles. The Morgan fingerprint density at radius 2 is 2.00 bits per heavy atom. The molecule has 0 fully saturated rings. The number of carbonyl (C=O) groups is 1. The molecule has 1 aliphatic rings. The lowest BCUT2D eigenvalue weighted by Crippen LogP contribution is -2.22. The van der Waals surface area contributed by atoms with Gasteiger partial charge in [0.1, 0.15) is 12.4 Å². The fourth-order valence-corrected chi connectivity index (χ4v) is 3.23. The summed E-state index contributed by atoms with van der Waals surface area (Å²) in [5.74, 6) is 1.97. The second kappa shape index (κ2) is 7.49. The molecule has 2 heterocycles. The van der Waals surface area contributed by atoms with Crippen LogP contribution in [0.3, 0.4) is 0 Å². The predicted octanol–water partition coefficient (Wildman–Crippen LogP) is 3.99. The molecule has 5 nitrogen and oxygen atoms in total. The highest BCUT2D eigenvalue weighted by Gasteiger charge is 2.14. The third kappa shape index (κ3) is 3.81. The van der Waals surface area contributed by atoms with E-state index in [4.69, 9.17) is 14.2 Å². The zero-order valence-electron chi connectivity index (χ0n) is 13.9. The Morgan fingerprint density at radius 3 is 2.88 bits per heavy atom. The third-order valence-electron chi connectivity index (χ3n) is 3.95. The van der Waals surface area contributed by atoms with Crippen LogP contribution in [0.5, 0.6) is 17.2 Å². The molecule has 0 atom stereocenters. The first-order valence-corrected chi connectivity index (χ1v) is 9.08. The van der Waals surface area contributed by atoms with Gasteiger partial charge in [-0.05, 0) is 47.3 Å². The Hall–Kier alpha value is -2.99. The van der Waals surface area contributed by atoms with E-state index >= 15 is 0 Å². The summed E-state index contributed by atoms with van der Waals surface area (Å²) in [7, 11) is 0. The molecule has 0 saturated heterocycles. The first kappa shape index (κ1) is 16.5. The molecule has 1 aromatic heterocycles. The number of carbonyl (C=O) groups excluding carboxylic acids is 1. The highest BCUT2D eigenvalue weighted by molar-refractivity contribution is 7.09. The molecule has 1 N–H and O–H groups in total. The van der Waals surface area contributed by atoms with Gasteiger partial charge in [0.25, 0.3) is 5.91 Å². The van der Waals surface area contributed by atoms with Crippen LogP contribution < -0.4 is 19.5 Å². The van der Waals surface area contributed by atoms with Crippen LogP contribution in [0.15, 0.2) is 60.0 Å². The van der Waals surface area contributed by atoms with Gasteiger partial charge in [0.05, 0.1) is 0 Å². The summed E-state index contributed by atoms with van der Waals surface area (Å²) in [4.78, 5) is 13.6. The topological polar surface area (TPSA) is 56.8 Å². The van der Waals surface area contributed by atoms with E-state index in [0.29, 0.717) is 30.2 Å². The minimum atomic E-state index is -0.149. The third-order valence-corrected chi connectivity index (χ3v) is 4.80. The molecular formula is C20H17NO4S. The molecule has 0 spiro atoms. The zero-order valence-corrected chi connectivity index (χ0v) is 14.8. The lowest BCUT2D eigenvalue weighted by atomic mass is 10.1. The molecule has 132 valence electrons. The molecule has 26 heavy (non-hydrogen) atoms. The number of nitrogens with one attached hydrogen (secondary N) is 1. The quantitative estimate of drug-likeness (QED) is 0.716. The Balaban J connectivity index is 1.36. The van der Waals surface area contributed by atoms with Crippen LogP contribution in [-0.4, -0.2) is 12.7 Å². The van der Waals surface area contributed by atoms with Crippen LogP contribution in [0.25, 0.3) is 0 Å². The highest BCUT2D eigenvalue weighted by atomic mass is 32.1. The Bertz CT molecular complexity index is 908. The number of thiophene rings is 1. The van der Waals surface area contributed by atoms with Gasteiger partial charge in [-0.2, -0.15) is 0 Å². The van der Waals surface area contributed by atoms with Crippen molar-refractivity contribution in [2.24, 2.45) is 0 Å². The van der Waals surface area contributed by atoms with E-state index in [1.807, 2.05) is 47.8 Å². The van der Waals surface area contributed by atoms with E-state index in [1.165, 1.54) is 0 Å². The van der Waals surface area contributed by atoms with E-state index in [2.05, 4.69) is 5.32 Å². The summed E-state index contributed by atoms with van der Waals surface area (Å²) in [6, 6.07) is 16.8. The lowest BCUT2D eigenvalue weighted by molar-refractivity contribution is 0.0950. The molecule has 0 aliphatic carbocycles. The Morgan fingerprint density at radius 1 is 1.08 bits per heavy atom. The van der Waals surface area contributed by atoms with Crippen LogP contribution in [0, 0.1) is 0 Å². The zero-order chi connectivity index (χ0) is 17.8. The first-order valence-electron chi connectivity index (χ1n) is 8.20. The molecule has 0 radical (unpaired) electrons. The number of hydrogen-bond acceptors (Lipinski definition) is 5. The minimum Gasteiger partial charge on any atom is -0.488 e. The van der Waals surface area contributed by atoms with E-state index in [0.717, 1.165) is 16.2 Å². The van der Waals surface area contributed by atoms with Crippen LogP contribution >= 0.6 is 11.3 Å². The second-order valence-corrected chi connectivity index (χ2v) is 6.80. The van der Waals surface area contributed by atoms with Crippen molar-refractivity contribution in [3.05, 3.63) is 76.0 Å². The van der Waals surface area contributed by atoms with Gasteiger partial charge in [-0.15, -0.1) is 11.3 Å². The first-order chi connectivity index (χ1) is 12.8. The van der Waals surface area contributed by atoms with Crippen molar-refractivity contribution in [3.8, 4) is 17.2 Å². The standard InChI is InChI=1S/C20H17NO4S/c22-20(21-11-14-6-7-18-19(9-14)25-13-24-18)15-3-1-4-16(10-15)23-12-17-5-2-8-26-17/h1-10H,11-13H2,(H,21,22). The molecular weight excluding hydrogens is 350 g/mol. The highest BCUT2D eigenvalue weighted by Crippen LogP contribution is 2.32. The van der Waals surface area contributed by atoms with E-state index < -0.39 is 0 Å². The molecule has 2 aromatic carbocycles. The second-order valence-electron chi connectivity index (χ2n) is 5.77. The van der Waals surface area contributed by atoms with Crippen molar-refractivity contribution in [3.63, 3.8) is 0 Å². The van der Waals surface area contributed by atoms with Crippen LogP contribution in [-0.2, 0) is 13.2 Å². The number of fused-ring (bicyclic) bond motifs is 1. The van der Waals surface area contributed by atoms with Crippen molar-refractivity contribution in [2.75, 3.05) is 6.79 Å².